The van der Waals surface area contributed by atoms with Crippen molar-refractivity contribution in [1.82, 2.24) is 10.2 Å². The van der Waals surface area contributed by atoms with Gasteiger partial charge in [0.1, 0.15) is 0 Å². The van der Waals surface area contributed by atoms with Crippen molar-refractivity contribution in [2.75, 3.05) is 19.7 Å². The summed E-state index contributed by atoms with van der Waals surface area (Å²) in [7, 11) is 0. The summed E-state index contributed by atoms with van der Waals surface area (Å²) in [5.41, 5.74) is 1.06. The van der Waals surface area contributed by atoms with Crippen LogP contribution in [0.3, 0.4) is 0 Å². The summed E-state index contributed by atoms with van der Waals surface area (Å²) in [5.74, 6) is 0.570. The number of nitrogens with zero attached hydrogens (tertiary/aromatic N) is 1. The molecule has 2 amide bonds. The molecular formula is C15H24N2O2. The normalized spacial score (nSPS) is 10.5. The molecule has 0 aliphatic rings. The molecule has 0 spiro atoms. The smallest absolute Gasteiger partial charge is 0.317 e. The standard InChI is InChI=1S/C15H24N2O2/c1-13(2)8-9-16-15(19)17(10-11-18)12-14-6-4-3-5-7-14/h3-7,13,18H,8-12H2,1-2H3,(H,16,19). The Bertz CT molecular complexity index is 366. The molecule has 0 fully saturated rings. The van der Waals surface area contributed by atoms with Gasteiger partial charge in [0.05, 0.1) is 6.61 Å². The van der Waals surface area contributed by atoms with Gasteiger partial charge in [0.25, 0.3) is 0 Å². The minimum absolute atomic E-state index is 0.0234. The molecule has 106 valence electrons. The zero-order valence-electron chi connectivity index (χ0n) is 11.8. The molecule has 4 nitrogen and oxygen atoms in total. The zero-order chi connectivity index (χ0) is 14.1. The molecule has 0 aliphatic heterocycles. The maximum Gasteiger partial charge on any atom is 0.317 e. The van der Waals surface area contributed by atoms with Crippen molar-refractivity contribution in [2.45, 2.75) is 26.8 Å². The third-order valence-electron chi connectivity index (χ3n) is 2.87. The first-order chi connectivity index (χ1) is 9.13. The highest BCUT2D eigenvalue weighted by Gasteiger charge is 2.12. The number of amides is 2. The van der Waals surface area contributed by atoms with Crippen molar-refractivity contribution in [3.8, 4) is 0 Å². The number of aliphatic hydroxyl groups excluding tert-OH is 1. The largest absolute Gasteiger partial charge is 0.395 e. The van der Waals surface area contributed by atoms with Gasteiger partial charge in [0, 0.05) is 19.6 Å². The molecule has 0 unspecified atom stereocenters. The quantitative estimate of drug-likeness (QED) is 0.793. The van der Waals surface area contributed by atoms with E-state index in [4.69, 9.17) is 5.11 Å². The summed E-state index contributed by atoms with van der Waals surface area (Å²) in [5, 5.41) is 12.0. The van der Waals surface area contributed by atoms with Crippen LogP contribution < -0.4 is 5.32 Å². The van der Waals surface area contributed by atoms with Crippen LogP contribution in [0, 0.1) is 5.92 Å². The fraction of sp³-hybridized carbons (Fsp3) is 0.533. The molecule has 2 N–H and O–H groups in total. The number of benzene rings is 1. The minimum Gasteiger partial charge on any atom is -0.395 e. The zero-order valence-corrected chi connectivity index (χ0v) is 11.8. The Balaban J connectivity index is 2.49. The number of hydrogen-bond acceptors (Lipinski definition) is 2. The molecule has 1 aromatic rings. The Morgan fingerprint density at radius 3 is 2.58 bits per heavy atom. The van der Waals surface area contributed by atoms with Crippen LogP contribution in [0.25, 0.3) is 0 Å². The Labute approximate surface area is 115 Å². The minimum atomic E-state index is -0.112. The van der Waals surface area contributed by atoms with Gasteiger partial charge < -0.3 is 15.3 Å². The van der Waals surface area contributed by atoms with Gasteiger partial charge in [-0.05, 0) is 17.9 Å². The van der Waals surface area contributed by atoms with E-state index in [1.165, 1.54) is 0 Å². The van der Waals surface area contributed by atoms with Gasteiger partial charge in [0.15, 0.2) is 0 Å². The van der Waals surface area contributed by atoms with E-state index >= 15 is 0 Å². The third kappa shape index (κ3) is 6.25. The van der Waals surface area contributed by atoms with Crippen molar-refractivity contribution in [3.05, 3.63) is 35.9 Å². The molecule has 0 bridgehead atoms. The maximum absolute atomic E-state index is 12.0. The predicted octanol–water partition coefficient (Wildman–Crippen LogP) is 2.24. The van der Waals surface area contributed by atoms with Crippen LogP contribution in [-0.2, 0) is 6.54 Å². The second-order valence-electron chi connectivity index (χ2n) is 5.05. The first-order valence-electron chi connectivity index (χ1n) is 6.81. The highest BCUT2D eigenvalue weighted by Crippen LogP contribution is 2.05. The molecule has 19 heavy (non-hydrogen) atoms. The van der Waals surface area contributed by atoms with Gasteiger partial charge >= 0.3 is 6.03 Å². The average Bonchev–Trinajstić information content (AvgIpc) is 2.39. The molecule has 0 saturated heterocycles. The Hall–Kier alpha value is -1.55. The van der Waals surface area contributed by atoms with E-state index < -0.39 is 0 Å². The molecule has 0 radical (unpaired) electrons. The summed E-state index contributed by atoms with van der Waals surface area (Å²) >= 11 is 0. The number of aliphatic hydroxyl groups is 1. The van der Waals surface area contributed by atoms with Crippen molar-refractivity contribution < 1.29 is 9.90 Å². The van der Waals surface area contributed by atoms with Crippen LogP contribution >= 0.6 is 0 Å². The number of nitrogens with one attached hydrogen (secondary N) is 1. The molecule has 0 saturated carbocycles. The lowest BCUT2D eigenvalue weighted by Gasteiger charge is -2.22. The van der Waals surface area contributed by atoms with Crippen molar-refractivity contribution in [1.29, 1.82) is 0 Å². The predicted molar refractivity (Wildman–Crippen MR) is 76.8 cm³/mol. The lowest BCUT2D eigenvalue weighted by atomic mass is 10.1. The Morgan fingerprint density at radius 2 is 2.00 bits per heavy atom. The van der Waals surface area contributed by atoms with E-state index in [1.807, 2.05) is 30.3 Å². The number of rotatable bonds is 7. The maximum atomic E-state index is 12.0. The second-order valence-corrected chi connectivity index (χ2v) is 5.05. The van der Waals surface area contributed by atoms with Crippen LogP contribution in [0.5, 0.6) is 0 Å². The number of carbonyl (C=O) groups excluding carboxylic acids is 1. The number of urea groups is 1. The molecule has 4 heteroatoms. The van der Waals surface area contributed by atoms with Crippen LogP contribution in [0.15, 0.2) is 30.3 Å². The van der Waals surface area contributed by atoms with Gasteiger partial charge in [-0.3, -0.25) is 0 Å². The van der Waals surface area contributed by atoms with E-state index in [2.05, 4.69) is 19.2 Å². The van der Waals surface area contributed by atoms with Crippen LogP contribution in [0.1, 0.15) is 25.8 Å². The second kappa shape index (κ2) is 8.53. The van der Waals surface area contributed by atoms with Crippen LogP contribution in [0.2, 0.25) is 0 Å². The van der Waals surface area contributed by atoms with Gasteiger partial charge in [-0.1, -0.05) is 44.2 Å². The lowest BCUT2D eigenvalue weighted by Crippen LogP contribution is -2.41. The van der Waals surface area contributed by atoms with Crippen LogP contribution in [0.4, 0.5) is 4.79 Å². The van der Waals surface area contributed by atoms with Crippen molar-refractivity contribution in [3.63, 3.8) is 0 Å². The molecule has 1 aromatic carbocycles. The molecule has 0 aliphatic carbocycles. The lowest BCUT2D eigenvalue weighted by molar-refractivity contribution is 0.173. The van der Waals surface area contributed by atoms with Gasteiger partial charge in [-0.15, -0.1) is 0 Å². The van der Waals surface area contributed by atoms with Crippen molar-refractivity contribution >= 4 is 6.03 Å². The van der Waals surface area contributed by atoms with Gasteiger partial charge in [-0.2, -0.15) is 0 Å². The van der Waals surface area contributed by atoms with Gasteiger partial charge in [0.2, 0.25) is 0 Å². The summed E-state index contributed by atoms with van der Waals surface area (Å²) in [6.07, 6.45) is 0.962. The highest BCUT2D eigenvalue weighted by atomic mass is 16.3. The summed E-state index contributed by atoms with van der Waals surface area (Å²) in [4.78, 5) is 13.7. The topological polar surface area (TPSA) is 52.6 Å². The van der Waals surface area contributed by atoms with E-state index in [0.29, 0.717) is 25.6 Å². The summed E-state index contributed by atoms with van der Waals surface area (Å²) in [6, 6.07) is 9.69. The van der Waals surface area contributed by atoms with Gasteiger partial charge in [-0.25, -0.2) is 4.79 Å². The van der Waals surface area contributed by atoms with Crippen LogP contribution in [-0.4, -0.2) is 35.7 Å². The summed E-state index contributed by atoms with van der Waals surface area (Å²) in [6.45, 7) is 5.78. The Kier molecular flexibility index (Phi) is 6.97. The molecule has 0 aromatic heterocycles. The highest BCUT2D eigenvalue weighted by molar-refractivity contribution is 5.74. The fourth-order valence-corrected chi connectivity index (χ4v) is 1.76. The number of hydrogen-bond donors (Lipinski definition) is 2. The molecule has 0 atom stereocenters. The van der Waals surface area contributed by atoms with E-state index in [-0.39, 0.29) is 12.6 Å². The van der Waals surface area contributed by atoms with E-state index in [0.717, 1.165) is 12.0 Å². The fourth-order valence-electron chi connectivity index (χ4n) is 1.76. The SMILES string of the molecule is CC(C)CCNC(=O)N(CCO)Cc1ccccc1. The monoisotopic (exact) mass is 264 g/mol. The first kappa shape index (κ1) is 15.5. The van der Waals surface area contributed by atoms with E-state index in [9.17, 15) is 4.79 Å². The average molecular weight is 264 g/mol. The van der Waals surface area contributed by atoms with E-state index in [1.54, 1.807) is 4.90 Å². The first-order valence-corrected chi connectivity index (χ1v) is 6.81. The number of carbonyl (C=O) groups is 1. The van der Waals surface area contributed by atoms with Crippen molar-refractivity contribution in [2.24, 2.45) is 5.92 Å². The molecular weight excluding hydrogens is 240 g/mol. The third-order valence-corrected chi connectivity index (χ3v) is 2.87. The Morgan fingerprint density at radius 1 is 1.32 bits per heavy atom. The molecule has 1 rings (SSSR count). The molecule has 0 heterocycles. The summed E-state index contributed by atoms with van der Waals surface area (Å²) < 4.78 is 0.